The van der Waals surface area contributed by atoms with E-state index in [1.165, 1.54) is 76.7 Å². The maximum absolute atomic E-state index is 5.40. The molecule has 9 rings (SSSR count). The van der Waals surface area contributed by atoms with E-state index >= 15 is 0 Å². The van der Waals surface area contributed by atoms with Gasteiger partial charge in [0, 0.05) is 22.9 Å². The van der Waals surface area contributed by atoms with Crippen molar-refractivity contribution in [3.05, 3.63) is 161 Å². The van der Waals surface area contributed by atoms with Gasteiger partial charge in [-0.2, -0.15) is 0 Å². The van der Waals surface area contributed by atoms with Gasteiger partial charge in [0.15, 0.2) is 0 Å². The molecule has 5 unspecified atom stereocenters. The summed E-state index contributed by atoms with van der Waals surface area (Å²) >= 11 is 0. The van der Waals surface area contributed by atoms with Gasteiger partial charge >= 0.3 is 0 Å². The molecule has 0 bridgehead atoms. The molecule has 0 saturated heterocycles. The molecule has 0 spiro atoms. The molecule has 3 aliphatic carbocycles. The van der Waals surface area contributed by atoms with Gasteiger partial charge in [-0.25, -0.2) is 4.99 Å². The highest BCUT2D eigenvalue weighted by molar-refractivity contribution is 5.99. The van der Waals surface area contributed by atoms with Gasteiger partial charge in [-0.1, -0.05) is 135 Å². The third kappa shape index (κ3) is 6.07. The van der Waals surface area contributed by atoms with Crippen molar-refractivity contribution in [2.75, 3.05) is 0 Å². The lowest BCUT2D eigenvalue weighted by Gasteiger charge is -2.39. The molecule has 2 heterocycles. The van der Waals surface area contributed by atoms with Gasteiger partial charge in [0.25, 0.3) is 0 Å². The van der Waals surface area contributed by atoms with Crippen LogP contribution >= 0.6 is 0 Å². The maximum atomic E-state index is 5.40. The molecule has 5 aliphatic rings. The number of nitrogens with zero attached hydrogens (tertiary/aromatic N) is 1. The summed E-state index contributed by atoms with van der Waals surface area (Å²) in [6.45, 7) is 0. The molecule has 4 N–H and O–H groups in total. The third-order valence-electron chi connectivity index (χ3n) is 11.2. The molecular weight excluding hydrogens is 599 g/mol. The first-order valence-electron chi connectivity index (χ1n) is 18.3. The Morgan fingerprint density at radius 3 is 2.29 bits per heavy atom. The van der Waals surface area contributed by atoms with E-state index in [1.54, 1.807) is 0 Å². The lowest BCUT2D eigenvalue weighted by molar-refractivity contribution is 0.230. The topological polar surface area (TPSA) is 60.5 Å². The SMILES string of the molecule is C1=CCC(C2C=C(c3cc(C4N=C(c5ccccc5)NC(C5CCCCC5)N4)cc4c3-c3ccccc3C4)NC(c3ccccc3)N2)C=C1. The smallest absolute Gasteiger partial charge is 0.131 e. The highest BCUT2D eigenvalue weighted by Gasteiger charge is 2.34. The summed E-state index contributed by atoms with van der Waals surface area (Å²) in [7, 11) is 0. The van der Waals surface area contributed by atoms with Crippen LogP contribution in [0, 0.1) is 11.8 Å². The standard InChI is InChI=1S/C44H45N5/c1-5-15-29(16-6-1)38-28-39(46-41(45-38)30-17-7-2-8-18-30)37-27-35(26-34-25-33-23-13-14-24-36(33)40(34)37)44-48-42(31-19-9-3-10-20-31)47-43(49-44)32-21-11-4-12-22-32/h1-3,5-10,13-15,17-20,23-24,26-29,32,38,41,43-46,49H,4,11-12,16,21-22,25H2,(H,47,48). The van der Waals surface area contributed by atoms with E-state index in [9.17, 15) is 0 Å². The zero-order valence-corrected chi connectivity index (χ0v) is 28.0. The van der Waals surface area contributed by atoms with Crippen molar-refractivity contribution in [2.24, 2.45) is 16.8 Å². The zero-order chi connectivity index (χ0) is 32.6. The van der Waals surface area contributed by atoms with Gasteiger partial charge < -0.3 is 10.6 Å². The Morgan fingerprint density at radius 2 is 1.47 bits per heavy atom. The number of allylic oxidation sites excluding steroid dienone is 3. The monoisotopic (exact) mass is 643 g/mol. The summed E-state index contributed by atoms with van der Waals surface area (Å²) in [5.41, 5.74) is 11.6. The van der Waals surface area contributed by atoms with Crippen molar-refractivity contribution in [1.29, 1.82) is 0 Å². The van der Waals surface area contributed by atoms with Crippen LogP contribution in [-0.2, 0) is 6.42 Å². The number of benzene rings is 4. The van der Waals surface area contributed by atoms with E-state index in [1.807, 2.05) is 0 Å². The second-order valence-corrected chi connectivity index (χ2v) is 14.3. The quantitative estimate of drug-likeness (QED) is 0.150. The highest BCUT2D eigenvalue weighted by Crippen LogP contribution is 2.44. The summed E-state index contributed by atoms with van der Waals surface area (Å²) in [6, 6.07) is 35.5. The molecule has 1 saturated carbocycles. The molecule has 5 atom stereocenters. The van der Waals surface area contributed by atoms with Crippen molar-refractivity contribution in [1.82, 2.24) is 21.3 Å². The molecule has 0 aromatic heterocycles. The van der Waals surface area contributed by atoms with Crippen LogP contribution in [0.2, 0.25) is 0 Å². The van der Waals surface area contributed by atoms with Gasteiger partial charge in [-0.05, 0) is 83.0 Å². The van der Waals surface area contributed by atoms with Gasteiger partial charge in [0.1, 0.15) is 18.2 Å². The van der Waals surface area contributed by atoms with Crippen molar-refractivity contribution in [3.63, 3.8) is 0 Å². The second-order valence-electron chi connectivity index (χ2n) is 14.3. The predicted octanol–water partition coefficient (Wildman–Crippen LogP) is 8.54. The maximum Gasteiger partial charge on any atom is 0.131 e. The number of rotatable bonds is 6. The number of hydrogen-bond donors (Lipinski definition) is 4. The van der Waals surface area contributed by atoms with Crippen LogP contribution in [-0.4, -0.2) is 18.0 Å². The van der Waals surface area contributed by atoms with Crippen LogP contribution in [0.3, 0.4) is 0 Å². The minimum Gasteiger partial charge on any atom is -0.366 e. The minimum atomic E-state index is -0.148. The van der Waals surface area contributed by atoms with Gasteiger partial charge in [0.2, 0.25) is 0 Å². The molecular formula is C44H45N5. The average Bonchev–Trinajstić information content (AvgIpc) is 3.57. The van der Waals surface area contributed by atoms with Gasteiger partial charge in [0.05, 0.1) is 6.17 Å². The number of aliphatic imine (C=N–C) groups is 1. The Balaban J connectivity index is 1.17. The van der Waals surface area contributed by atoms with E-state index in [2.05, 4.69) is 149 Å². The predicted molar refractivity (Wildman–Crippen MR) is 201 cm³/mol. The van der Waals surface area contributed by atoms with Crippen LogP contribution < -0.4 is 21.3 Å². The summed E-state index contributed by atoms with van der Waals surface area (Å²) in [5, 5.41) is 15.8. The molecule has 49 heavy (non-hydrogen) atoms. The zero-order valence-electron chi connectivity index (χ0n) is 28.0. The van der Waals surface area contributed by atoms with Crippen LogP contribution in [0.25, 0.3) is 16.8 Å². The van der Waals surface area contributed by atoms with Crippen LogP contribution in [0.5, 0.6) is 0 Å². The fourth-order valence-corrected chi connectivity index (χ4v) is 8.66. The molecule has 1 fully saturated rings. The lowest BCUT2D eigenvalue weighted by atomic mass is 9.85. The number of hydrogen-bond acceptors (Lipinski definition) is 5. The summed E-state index contributed by atoms with van der Waals surface area (Å²) in [4.78, 5) is 5.40. The lowest BCUT2D eigenvalue weighted by Crippen LogP contribution is -2.55. The fraction of sp³-hybridized carbons (Fsp3) is 0.295. The number of nitrogens with one attached hydrogen (secondary N) is 4. The Labute approximate surface area is 290 Å². The first-order chi connectivity index (χ1) is 24.3. The number of fused-ring (bicyclic) bond motifs is 3. The number of amidine groups is 1. The van der Waals surface area contributed by atoms with E-state index in [0.29, 0.717) is 11.8 Å². The normalized spacial score (nSPS) is 26.2. The van der Waals surface area contributed by atoms with Gasteiger partial charge in [-0.15, -0.1) is 0 Å². The van der Waals surface area contributed by atoms with Gasteiger partial charge in [-0.3, -0.25) is 10.6 Å². The fourth-order valence-electron chi connectivity index (χ4n) is 8.66. The molecule has 2 aliphatic heterocycles. The second kappa shape index (κ2) is 13.3. The first-order valence-corrected chi connectivity index (χ1v) is 18.3. The van der Waals surface area contributed by atoms with Crippen LogP contribution in [0.1, 0.15) is 84.2 Å². The minimum absolute atomic E-state index is 0.00292. The van der Waals surface area contributed by atoms with E-state index in [4.69, 9.17) is 4.99 Å². The third-order valence-corrected chi connectivity index (χ3v) is 11.2. The largest absolute Gasteiger partial charge is 0.366 e. The van der Waals surface area contributed by atoms with E-state index in [-0.39, 0.29) is 24.5 Å². The molecule has 5 nitrogen and oxygen atoms in total. The molecule has 0 radical (unpaired) electrons. The Hall–Kier alpha value is -4.71. The Bertz CT molecular complexity index is 1930. The summed E-state index contributed by atoms with van der Waals surface area (Å²) < 4.78 is 0. The highest BCUT2D eigenvalue weighted by atomic mass is 15.3. The summed E-state index contributed by atoms with van der Waals surface area (Å²) in [6.07, 6.45) is 19.9. The van der Waals surface area contributed by atoms with Crippen molar-refractivity contribution >= 4 is 11.5 Å². The molecule has 4 aromatic carbocycles. The molecule has 4 aromatic rings. The van der Waals surface area contributed by atoms with E-state index < -0.39 is 0 Å². The van der Waals surface area contributed by atoms with Crippen molar-refractivity contribution in [2.45, 2.75) is 69.5 Å². The van der Waals surface area contributed by atoms with Crippen LogP contribution in [0.15, 0.2) is 132 Å². The molecule has 246 valence electrons. The average molecular weight is 644 g/mol. The molecule has 5 heteroatoms. The molecule has 0 amide bonds. The van der Waals surface area contributed by atoms with Crippen molar-refractivity contribution < 1.29 is 0 Å². The van der Waals surface area contributed by atoms with E-state index in [0.717, 1.165) is 24.2 Å². The van der Waals surface area contributed by atoms with Crippen LogP contribution in [0.4, 0.5) is 0 Å². The Morgan fingerprint density at radius 1 is 0.673 bits per heavy atom. The first kappa shape index (κ1) is 30.4. The Kier molecular flexibility index (Phi) is 8.24. The van der Waals surface area contributed by atoms with Crippen molar-refractivity contribution in [3.8, 4) is 11.1 Å². The summed E-state index contributed by atoms with van der Waals surface area (Å²) in [5.74, 6) is 1.96.